The van der Waals surface area contributed by atoms with Gasteiger partial charge in [0, 0.05) is 6.20 Å². The van der Waals surface area contributed by atoms with Crippen molar-refractivity contribution >= 4 is 27.6 Å². The Labute approximate surface area is 112 Å². The van der Waals surface area contributed by atoms with Gasteiger partial charge >= 0.3 is 5.97 Å². The number of esters is 1. The summed E-state index contributed by atoms with van der Waals surface area (Å²) in [6.07, 6.45) is 4.51. The summed E-state index contributed by atoms with van der Waals surface area (Å²) in [4.78, 5) is 15.6. The van der Waals surface area contributed by atoms with Gasteiger partial charge in [0.2, 0.25) is 0 Å². The van der Waals surface area contributed by atoms with Crippen LogP contribution in [0.2, 0.25) is 0 Å². The normalized spacial score (nSPS) is 10.3. The van der Waals surface area contributed by atoms with Crippen LogP contribution < -0.4 is 5.73 Å². The zero-order chi connectivity index (χ0) is 13.1. The van der Waals surface area contributed by atoms with E-state index in [-0.39, 0.29) is 0 Å². The molecule has 0 radical (unpaired) electrons. The number of carbonyl (C=O) groups excluding carboxylic acids is 1. The lowest BCUT2D eigenvalue weighted by Gasteiger charge is -2.03. The predicted molar refractivity (Wildman–Crippen MR) is 69.4 cm³/mol. The molecular formula is C11H11BrN4O2. The Bertz CT molecular complexity index is 582. The van der Waals surface area contributed by atoms with Crippen LogP contribution in [-0.2, 0) is 4.74 Å². The fourth-order valence-corrected chi connectivity index (χ4v) is 1.92. The van der Waals surface area contributed by atoms with Crippen molar-refractivity contribution < 1.29 is 9.53 Å². The Morgan fingerprint density at radius 3 is 3.00 bits per heavy atom. The molecule has 0 aliphatic carbocycles. The molecule has 0 fully saturated rings. The van der Waals surface area contributed by atoms with E-state index in [1.807, 2.05) is 0 Å². The number of nitrogens with zero attached hydrogens (tertiary/aromatic N) is 3. The number of hydrogen-bond acceptors (Lipinski definition) is 5. The number of nitrogen functional groups attached to an aromatic ring is 1. The van der Waals surface area contributed by atoms with E-state index in [2.05, 4.69) is 26.0 Å². The molecule has 0 amide bonds. The first-order valence-corrected chi connectivity index (χ1v) is 6.04. The van der Waals surface area contributed by atoms with Crippen molar-refractivity contribution in [3.8, 4) is 5.82 Å². The molecule has 0 atom stereocenters. The summed E-state index contributed by atoms with van der Waals surface area (Å²) in [5.74, 6) is 0.148. The summed E-state index contributed by atoms with van der Waals surface area (Å²) < 4.78 is 7.06. The summed E-state index contributed by atoms with van der Waals surface area (Å²) in [6, 6.07) is 1.72. The minimum Gasteiger partial charge on any atom is -0.462 e. The Kier molecular flexibility index (Phi) is 3.61. The summed E-state index contributed by atoms with van der Waals surface area (Å²) >= 11 is 3.34. The molecule has 0 aliphatic heterocycles. The number of aromatic nitrogens is 3. The minimum atomic E-state index is -0.407. The van der Waals surface area contributed by atoms with Crippen molar-refractivity contribution in [1.82, 2.24) is 14.8 Å². The van der Waals surface area contributed by atoms with Gasteiger partial charge in [0.25, 0.3) is 0 Å². The lowest BCUT2D eigenvalue weighted by molar-refractivity contribution is 0.0526. The fourth-order valence-electron chi connectivity index (χ4n) is 1.37. The topological polar surface area (TPSA) is 83.0 Å². The minimum absolute atomic E-state index is 0.327. The third-order valence-electron chi connectivity index (χ3n) is 2.15. The Balaban J connectivity index is 2.32. The highest BCUT2D eigenvalue weighted by molar-refractivity contribution is 9.10. The molecular weight excluding hydrogens is 300 g/mol. The molecule has 0 spiro atoms. The standard InChI is InChI=1S/C11H11BrN4O2/c1-2-18-11(17)7-4-15-16(6-7)10-9(12)3-8(13)5-14-10/h3-6H,2,13H2,1H3. The first kappa shape index (κ1) is 12.6. The molecule has 0 saturated heterocycles. The number of halogens is 1. The zero-order valence-corrected chi connectivity index (χ0v) is 11.2. The van der Waals surface area contributed by atoms with Gasteiger partial charge in [-0.1, -0.05) is 0 Å². The number of anilines is 1. The second-order valence-corrected chi connectivity index (χ2v) is 4.32. The highest BCUT2D eigenvalue weighted by Gasteiger charge is 2.12. The molecule has 0 aromatic carbocycles. The van der Waals surface area contributed by atoms with Crippen LogP contribution in [0.1, 0.15) is 17.3 Å². The molecule has 0 unspecified atom stereocenters. The smallest absolute Gasteiger partial charge is 0.341 e. The van der Waals surface area contributed by atoms with Crippen molar-refractivity contribution in [3.63, 3.8) is 0 Å². The molecule has 0 aliphatic rings. The molecule has 2 rings (SSSR count). The van der Waals surface area contributed by atoms with E-state index in [9.17, 15) is 4.79 Å². The average Bonchev–Trinajstić information content (AvgIpc) is 2.78. The zero-order valence-electron chi connectivity index (χ0n) is 9.63. The maximum Gasteiger partial charge on any atom is 0.341 e. The lowest BCUT2D eigenvalue weighted by atomic mass is 10.4. The van der Waals surface area contributed by atoms with Gasteiger partial charge in [-0.2, -0.15) is 5.10 Å². The monoisotopic (exact) mass is 310 g/mol. The maximum absolute atomic E-state index is 11.5. The highest BCUT2D eigenvalue weighted by Crippen LogP contribution is 2.20. The largest absolute Gasteiger partial charge is 0.462 e. The van der Waals surface area contributed by atoms with Crippen LogP contribution in [0.3, 0.4) is 0 Å². The van der Waals surface area contributed by atoms with Crippen molar-refractivity contribution in [2.45, 2.75) is 6.92 Å². The van der Waals surface area contributed by atoms with Gasteiger partial charge < -0.3 is 10.5 Å². The molecule has 6 nitrogen and oxygen atoms in total. The summed E-state index contributed by atoms with van der Waals surface area (Å²) in [5, 5.41) is 4.06. The molecule has 2 aromatic rings. The number of pyridine rings is 1. The second kappa shape index (κ2) is 5.18. The number of carbonyl (C=O) groups is 1. The second-order valence-electron chi connectivity index (χ2n) is 3.47. The van der Waals surface area contributed by atoms with Crippen molar-refractivity contribution in [3.05, 3.63) is 34.7 Å². The number of nitrogens with two attached hydrogens (primary N) is 1. The Morgan fingerprint density at radius 1 is 1.56 bits per heavy atom. The van der Waals surface area contributed by atoms with Gasteiger partial charge in [-0.3, -0.25) is 0 Å². The van der Waals surface area contributed by atoms with E-state index in [1.165, 1.54) is 17.1 Å². The van der Waals surface area contributed by atoms with E-state index in [0.717, 1.165) is 0 Å². The molecule has 18 heavy (non-hydrogen) atoms. The molecule has 94 valence electrons. The first-order valence-electron chi connectivity index (χ1n) is 5.25. The van der Waals surface area contributed by atoms with Crippen LogP contribution in [-0.4, -0.2) is 27.3 Å². The molecule has 2 aromatic heterocycles. The molecule has 0 saturated carbocycles. The third-order valence-corrected chi connectivity index (χ3v) is 2.74. The van der Waals surface area contributed by atoms with Crippen LogP contribution in [0, 0.1) is 0 Å². The summed E-state index contributed by atoms with van der Waals surface area (Å²) in [6.45, 7) is 2.08. The van der Waals surface area contributed by atoms with Gasteiger partial charge in [0.15, 0.2) is 5.82 Å². The van der Waals surface area contributed by atoms with Crippen LogP contribution in [0.4, 0.5) is 5.69 Å². The summed E-state index contributed by atoms with van der Waals surface area (Å²) in [5.41, 5.74) is 6.52. The Hall–Kier alpha value is -1.89. The SMILES string of the molecule is CCOC(=O)c1cnn(-c2ncc(N)cc2Br)c1. The van der Waals surface area contributed by atoms with Crippen molar-refractivity contribution in [1.29, 1.82) is 0 Å². The quantitative estimate of drug-likeness (QED) is 0.874. The highest BCUT2D eigenvalue weighted by atomic mass is 79.9. The first-order chi connectivity index (χ1) is 8.61. The average molecular weight is 311 g/mol. The Morgan fingerprint density at radius 2 is 2.33 bits per heavy atom. The van der Waals surface area contributed by atoms with E-state index in [4.69, 9.17) is 10.5 Å². The van der Waals surface area contributed by atoms with Crippen LogP contribution in [0.5, 0.6) is 0 Å². The van der Waals surface area contributed by atoms with Gasteiger partial charge in [-0.15, -0.1) is 0 Å². The van der Waals surface area contributed by atoms with Crippen molar-refractivity contribution in [2.75, 3.05) is 12.3 Å². The lowest BCUT2D eigenvalue weighted by Crippen LogP contribution is -2.04. The van der Waals surface area contributed by atoms with Gasteiger partial charge in [0.1, 0.15) is 0 Å². The van der Waals surface area contributed by atoms with Gasteiger partial charge in [0.05, 0.1) is 34.7 Å². The van der Waals surface area contributed by atoms with Gasteiger partial charge in [-0.05, 0) is 28.9 Å². The predicted octanol–water partition coefficient (Wildman–Crippen LogP) is 1.79. The van der Waals surface area contributed by atoms with Crippen LogP contribution >= 0.6 is 15.9 Å². The molecule has 7 heteroatoms. The number of ether oxygens (including phenoxy) is 1. The van der Waals surface area contributed by atoms with E-state index in [0.29, 0.717) is 28.1 Å². The maximum atomic E-state index is 11.5. The molecule has 0 bridgehead atoms. The fraction of sp³-hybridized carbons (Fsp3) is 0.182. The molecule has 2 N–H and O–H groups in total. The van der Waals surface area contributed by atoms with Crippen molar-refractivity contribution in [2.24, 2.45) is 0 Å². The summed E-state index contributed by atoms with van der Waals surface area (Å²) in [7, 11) is 0. The number of rotatable bonds is 3. The molecule has 2 heterocycles. The van der Waals surface area contributed by atoms with Gasteiger partial charge in [-0.25, -0.2) is 14.5 Å². The van der Waals surface area contributed by atoms with E-state index in [1.54, 1.807) is 19.2 Å². The van der Waals surface area contributed by atoms with Crippen LogP contribution in [0.25, 0.3) is 5.82 Å². The number of hydrogen-bond donors (Lipinski definition) is 1. The van der Waals surface area contributed by atoms with E-state index < -0.39 is 5.97 Å². The van der Waals surface area contributed by atoms with Crippen LogP contribution in [0.15, 0.2) is 29.1 Å². The third kappa shape index (κ3) is 2.51. The van der Waals surface area contributed by atoms with E-state index >= 15 is 0 Å².